The molecule has 2 aromatic rings. The van der Waals surface area contributed by atoms with Crippen molar-refractivity contribution in [1.29, 1.82) is 0 Å². The molecule has 0 saturated carbocycles. The Balaban J connectivity index is 1.70. The Morgan fingerprint density at radius 2 is 2.08 bits per heavy atom. The van der Waals surface area contributed by atoms with Gasteiger partial charge in [0.25, 0.3) is 0 Å². The van der Waals surface area contributed by atoms with Crippen LogP contribution in [0.3, 0.4) is 0 Å². The van der Waals surface area contributed by atoms with E-state index in [-0.39, 0.29) is 29.8 Å². The molecule has 1 aromatic carbocycles. The van der Waals surface area contributed by atoms with E-state index in [1.165, 1.54) is 0 Å². The molecular weight excluding hydrogens is 352 g/mol. The minimum absolute atomic E-state index is 0.00121. The lowest BCUT2D eigenvalue weighted by Crippen LogP contribution is -2.51. The first-order chi connectivity index (χ1) is 12.3. The van der Waals surface area contributed by atoms with Crippen LogP contribution in [0.5, 0.6) is 0 Å². The van der Waals surface area contributed by atoms with Crippen molar-refractivity contribution in [3.63, 3.8) is 0 Å². The van der Waals surface area contributed by atoms with Crippen LogP contribution in [-0.4, -0.2) is 41.9 Å². The first kappa shape index (κ1) is 18.6. The Kier molecular flexibility index (Phi) is 5.43. The highest BCUT2D eigenvalue weighted by molar-refractivity contribution is 7.91. The average molecular weight is 376 g/mol. The molecule has 0 bridgehead atoms. The summed E-state index contributed by atoms with van der Waals surface area (Å²) < 4.78 is 26.8. The van der Waals surface area contributed by atoms with E-state index in [1.54, 1.807) is 41.2 Å². The monoisotopic (exact) mass is 376 g/mol. The second-order valence-corrected chi connectivity index (χ2v) is 8.83. The van der Waals surface area contributed by atoms with Gasteiger partial charge in [0.05, 0.1) is 22.9 Å². The number of aryl methyl sites for hydroxylation is 1. The predicted molar refractivity (Wildman–Crippen MR) is 98.2 cm³/mol. The van der Waals surface area contributed by atoms with Gasteiger partial charge in [-0.05, 0) is 25.5 Å². The third kappa shape index (κ3) is 4.31. The van der Waals surface area contributed by atoms with Crippen molar-refractivity contribution >= 4 is 15.7 Å². The van der Waals surface area contributed by atoms with Gasteiger partial charge in [0.2, 0.25) is 5.91 Å². The van der Waals surface area contributed by atoms with Crippen LogP contribution in [0.25, 0.3) is 0 Å². The quantitative estimate of drug-likeness (QED) is 0.790. The first-order valence-electron chi connectivity index (χ1n) is 8.67. The standard InChI is InChI=1S/C18H24N4O3S/c1-13(12-26(24,25)15-6-4-3-5-7-15)20-16-8-9-17(23)21-18(16)14-10-19-22(2)11-14/h3-7,10-11,13,16,18,20H,8-9,12H2,1-2H3,(H,21,23)/t13?,16-,18+/m1/s1. The number of nitrogens with one attached hydrogen (secondary N) is 2. The average Bonchev–Trinajstić information content (AvgIpc) is 3.03. The zero-order valence-electron chi connectivity index (χ0n) is 14.9. The van der Waals surface area contributed by atoms with Crippen LogP contribution >= 0.6 is 0 Å². The van der Waals surface area contributed by atoms with Crippen LogP contribution in [0.4, 0.5) is 0 Å². The van der Waals surface area contributed by atoms with Crippen LogP contribution in [0.2, 0.25) is 0 Å². The minimum Gasteiger partial charge on any atom is -0.348 e. The van der Waals surface area contributed by atoms with E-state index in [9.17, 15) is 13.2 Å². The summed E-state index contributed by atoms with van der Waals surface area (Å²) in [5, 5.41) is 10.6. The van der Waals surface area contributed by atoms with Gasteiger partial charge in [0.1, 0.15) is 0 Å². The zero-order chi connectivity index (χ0) is 18.7. The summed E-state index contributed by atoms with van der Waals surface area (Å²) in [5.41, 5.74) is 0.913. The van der Waals surface area contributed by atoms with Crippen molar-refractivity contribution in [2.24, 2.45) is 7.05 Å². The minimum atomic E-state index is -3.37. The van der Waals surface area contributed by atoms with Gasteiger partial charge in [-0.2, -0.15) is 5.10 Å². The maximum atomic E-state index is 12.6. The number of hydrogen-bond acceptors (Lipinski definition) is 5. The number of sulfone groups is 1. The molecule has 1 aliphatic heterocycles. The summed E-state index contributed by atoms with van der Waals surface area (Å²) in [6, 6.07) is 7.95. The third-order valence-electron chi connectivity index (χ3n) is 4.56. The molecule has 1 aromatic heterocycles. The van der Waals surface area contributed by atoms with Crippen molar-refractivity contribution in [2.75, 3.05) is 5.75 Å². The Morgan fingerprint density at radius 3 is 2.73 bits per heavy atom. The number of benzene rings is 1. The second-order valence-electron chi connectivity index (χ2n) is 6.80. The normalized spacial score (nSPS) is 22.0. The van der Waals surface area contributed by atoms with Gasteiger partial charge in [0.15, 0.2) is 9.84 Å². The summed E-state index contributed by atoms with van der Waals surface area (Å²) in [7, 11) is -1.54. The molecule has 1 amide bonds. The summed E-state index contributed by atoms with van der Waals surface area (Å²) >= 11 is 0. The Hall–Kier alpha value is -2.19. The number of rotatable bonds is 6. The van der Waals surface area contributed by atoms with Crippen molar-refractivity contribution < 1.29 is 13.2 Å². The SMILES string of the molecule is CC(CS(=O)(=O)c1ccccc1)N[C@@H]1CCC(=O)N[C@H]1c1cnn(C)c1. The predicted octanol–water partition coefficient (Wildman–Crippen LogP) is 1.19. The number of piperidine rings is 1. The van der Waals surface area contributed by atoms with Gasteiger partial charge in [-0.25, -0.2) is 8.42 Å². The number of carbonyl (C=O) groups excluding carboxylic acids is 1. The number of hydrogen-bond donors (Lipinski definition) is 2. The van der Waals surface area contributed by atoms with Gasteiger partial charge in [0, 0.05) is 37.3 Å². The molecule has 0 aliphatic carbocycles. The molecule has 2 heterocycles. The lowest BCUT2D eigenvalue weighted by molar-refractivity contribution is -0.124. The Morgan fingerprint density at radius 1 is 1.35 bits per heavy atom. The molecule has 1 saturated heterocycles. The second kappa shape index (κ2) is 7.59. The van der Waals surface area contributed by atoms with Gasteiger partial charge >= 0.3 is 0 Å². The molecule has 140 valence electrons. The largest absolute Gasteiger partial charge is 0.348 e. The van der Waals surface area contributed by atoms with Crippen molar-refractivity contribution in [1.82, 2.24) is 20.4 Å². The van der Waals surface area contributed by atoms with Gasteiger partial charge in [-0.15, -0.1) is 0 Å². The highest BCUT2D eigenvalue weighted by atomic mass is 32.2. The maximum absolute atomic E-state index is 12.6. The molecule has 2 N–H and O–H groups in total. The van der Waals surface area contributed by atoms with E-state index < -0.39 is 9.84 Å². The molecule has 7 nitrogen and oxygen atoms in total. The smallest absolute Gasteiger partial charge is 0.220 e. The Bertz CT molecular complexity index is 864. The number of carbonyl (C=O) groups is 1. The number of aromatic nitrogens is 2. The molecule has 0 spiro atoms. The molecular formula is C18H24N4O3S. The fourth-order valence-electron chi connectivity index (χ4n) is 3.36. The van der Waals surface area contributed by atoms with Crippen LogP contribution in [-0.2, 0) is 21.7 Å². The van der Waals surface area contributed by atoms with Crippen molar-refractivity contribution in [3.05, 3.63) is 48.3 Å². The number of amides is 1. The maximum Gasteiger partial charge on any atom is 0.220 e. The molecule has 1 fully saturated rings. The van der Waals surface area contributed by atoms with Crippen LogP contribution in [0.15, 0.2) is 47.6 Å². The van der Waals surface area contributed by atoms with E-state index in [0.29, 0.717) is 17.7 Å². The third-order valence-corrected chi connectivity index (χ3v) is 6.48. The lowest BCUT2D eigenvalue weighted by Gasteiger charge is -2.34. The van der Waals surface area contributed by atoms with Gasteiger partial charge in [-0.3, -0.25) is 9.48 Å². The molecule has 26 heavy (non-hydrogen) atoms. The van der Waals surface area contributed by atoms with E-state index in [2.05, 4.69) is 15.7 Å². The van der Waals surface area contributed by atoms with Crippen molar-refractivity contribution in [3.8, 4) is 0 Å². The van der Waals surface area contributed by atoms with E-state index >= 15 is 0 Å². The first-order valence-corrected chi connectivity index (χ1v) is 10.3. The highest BCUT2D eigenvalue weighted by Crippen LogP contribution is 2.24. The van der Waals surface area contributed by atoms with Crippen LogP contribution in [0.1, 0.15) is 31.4 Å². The molecule has 3 atom stereocenters. The molecule has 1 aliphatic rings. The van der Waals surface area contributed by atoms with Gasteiger partial charge < -0.3 is 10.6 Å². The van der Waals surface area contributed by atoms with E-state index in [4.69, 9.17) is 0 Å². The highest BCUT2D eigenvalue weighted by Gasteiger charge is 2.32. The lowest BCUT2D eigenvalue weighted by atomic mass is 9.93. The zero-order valence-corrected chi connectivity index (χ0v) is 15.7. The summed E-state index contributed by atoms with van der Waals surface area (Å²) in [5.74, 6) is 0.00256. The molecule has 0 radical (unpaired) electrons. The van der Waals surface area contributed by atoms with Crippen LogP contribution < -0.4 is 10.6 Å². The van der Waals surface area contributed by atoms with E-state index in [1.807, 2.05) is 20.2 Å². The molecule has 8 heteroatoms. The fraction of sp³-hybridized carbons (Fsp3) is 0.444. The topological polar surface area (TPSA) is 93.1 Å². The summed E-state index contributed by atoms with van der Waals surface area (Å²) in [6.45, 7) is 1.86. The number of nitrogens with zero attached hydrogens (tertiary/aromatic N) is 2. The molecule has 1 unspecified atom stereocenters. The summed E-state index contributed by atoms with van der Waals surface area (Å²) in [6.07, 6.45) is 4.68. The van der Waals surface area contributed by atoms with Crippen LogP contribution in [0, 0.1) is 0 Å². The Labute approximate surface area is 153 Å². The molecule has 3 rings (SSSR count). The summed E-state index contributed by atoms with van der Waals surface area (Å²) in [4.78, 5) is 12.2. The van der Waals surface area contributed by atoms with Gasteiger partial charge in [-0.1, -0.05) is 18.2 Å². The van der Waals surface area contributed by atoms with Crippen molar-refractivity contribution in [2.45, 2.75) is 42.8 Å². The fourth-order valence-corrected chi connectivity index (χ4v) is 4.88. The van der Waals surface area contributed by atoms with E-state index in [0.717, 1.165) is 5.56 Å².